The van der Waals surface area contributed by atoms with Gasteiger partial charge in [0.2, 0.25) is 5.91 Å². The zero-order valence-electron chi connectivity index (χ0n) is 4.39. The first-order chi connectivity index (χ1) is 3.66. The van der Waals surface area contributed by atoms with E-state index in [4.69, 9.17) is 5.73 Å². The van der Waals surface area contributed by atoms with E-state index in [2.05, 4.69) is 5.73 Å². The van der Waals surface area contributed by atoms with Crippen LogP contribution < -0.4 is 11.5 Å². The third-order valence-electron chi connectivity index (χ3n) is 0.599. The molecule has 0 fully saturated rings. The van der Waals surface area contributed by atoms with Crippen LogP contribution in [0, 0.1) is 0 Å². The van der Waals surface area contributed by atoms with Gasteiger partial charge in [-0.15, -0.1) is 0 Å². The predicted octanol–water partition coefficient (Wildman–Crippen LogP) is -1.61. The highest BCUT2D eigenvalue weighted by Gasteiger charge is 2.00. The largest absolute Gasteiger partial charge is 0.369 e. The van der Waals surface area contributed by atoms with Gasteiger partial charge in [0.25, 0.3) is 0 Å². The van der Waals surface area contributed by atoms with Gasteiger partial charge >= 0.3 is 0 Å². The van der Waals surface area contributed by atoms with E-state index >= 15 is 0 Å². The number of carbonyl (C=O) groups is 2. The van der Waals surface area contributed by atoms with E-state index in [9.17, 15) is 9.59 Å². The smallest absolute Gasteiger partial charge is 0.224 e. The molecular formula is C4H8N2O2. The van der Waals surface area contributed by atoms with E-state index in [-0.39, 0.29) is 18.7 Å². The third-order valence-corrected chi connectivity index (χ3v) is 0.599. The van der Waals surface area contributed by atoms with Gasteiger partial charge in [0.05, 0.1) is 13.0 Å². The van der Waals surface area contributed by atoms with Crippen molar-refractivity contribution in [3.8, 4) is 0 Å². The molecule has 4 nitrogen and oxygen atoms in total. The number of primary amides is 1. The summed E-state index contributed by atoms with van der Waals surface area (Å²) < 4.78 is 0. The Morgan fingerprint density at radius 3 is 2.00 bits per heavy atom. The maximum Gasteiger partial charge on any atom is 0.224 e. The number of hydrogen-bond donors (Lipinski definition) is 2. The maximum atomic E-state index is 10.2. The van der Waals surface area contributed by atoms with Crippen molar-refractivity contribution in [2.45, 2.75) is 6.42 Å². The summed E-state index contributed by atoms with van der Waals surface area (Å²) in [6.45, 7) is -0.108. The second kappa shape index (κ2) is 3.15. The Labute approximate surface area is 46.8 Å². The van der Waals surface area contributed by atoms with E-state index in [1.807, 2.05) is 0 Å². The maximum absolute atomic E-state index is 10.2. The van der Waals surface area contributed by atoms with Crippen molar-refractivity contribution in [2.24, 2.45) is 11.5 Å². The van der Waals surface area contributed by atoms with Crippen LogP contribution in [0.25, 0.3) is 0 Å². The molecule has 0 bridgehead atoms. The molecule has 0 atom stereocenters. The number of nitrogens with two attached hydrogens (primary N) is 2. The SMILES string of the molecule is NCC(=O)CC(N)=O. The summed E-state index contributed by atoms with van der Waals surface area (Å²) in [6, 6.07) is 0. The highest BCUT2D eigenvalue weighted by Crippen LogP contribution is 1.75. The molecule has 0 aliphatic rings. The van der Waals surface area contributed by atoms with Crippen molar-refractivity contribution in [2.75, 3.05) is 6.54 Å². The molecule has 0 rings (SSSR count). The fraction of sp³-hybridized carbons (Fsp3) is 0.500. The Hall–Kier alpha value is -0.900. The number of ketones is 1. The lowest BCUT2D eigenvalue weighted by molar-refractivity contribution is -0.125. The molecule has 1 amide bonds. The predicted molar refractivity (Wildman–Crippen MR) is 27.9 cm³/mol. The van der Waals surface area contributed by atoms with Gasteiger partial charge in [-0.2, -0.15) is 0 Å². The molecule has 0 saturated carbocycles. The molecule has 4 N–H and O–H groups in total. The Kier molecular flexibility index (Phi) is 2.79. The molecule has 0 aromatic rings. The van der Waals surface area contributed by atoms with E-state index in [1.54, 1.807) is 0 Å². The summed E-state index contributed by atoms with van der Waals surface area (Å²) in [6.07, 6.45) is -0.240. The van der Waals surface area contributed by atoms with Crippen LogP contribution in [0.4, 0.5) is 0 Å². The summed E-state index contributed by atoms with van der Waals surface area (Å²) in [5.74, 6) is -0.946. The van der Waals surface area contributed by atoms with Crippen LogP contribution in [0.1, 0.15) is 6.42 Å². The lowest BCUT2D eigenvalue weighted by Crippen LogP contribution is -2.21. The van der Waals surface area contributed by atoms with Gasteiger partial charge in [-0.05, 0) is 0 Å². The van der Waals surface area contributed by atoms with Gasteiger partial charge in [-0.25, -0.2) is 0 Å². The molecule has 0 aromatic heterocycles. The Morgan fingerprint density at radius 2 is 1.88 bits per heavy atom. The first-order valence-corrected chi connectivity index (χ1v) is 2.17. The van der Waals surface area contributed by atoms with Crippen LogP contribution in [0.15, 0.2) is 0 Å². The summed E-state index contributed by atoms with van der Waals surface area (Å²) in [4.78, 5) is 20.1. The summed E-state index contributed by atoms with van der Waals surface area (Å²) in [5, 5.41) is 0. The summed E-state index contributed by atoms with van der Waals surface area (Å²) in [7, 11) is 0. The molecule has 0 unspecified atom stereocenters. The zero-order chi connectivity index (χ0) is 6.57. The molecule has 4 heteroatoms. The summed E-state index contributed by atoms with van der Waals surface area (Å²) >= 11 is 0. The fourth-order valence-electron chi connectivity index (χ4n) is 0.266. The first kappa shape index (κ1) is 7.10. The molecule has 0 aromatic carbocycles. The quantitative estimate of drug-likeness (QED) is 0.435. The minimum absolute atomic E-state index is 0.108. The van der Waals surface area contributed by atoms with Crippen molar-refractivity contribution >= 4 is 11.7 Å². The molecular weight excluding hydrogens is 108 g/mol. The summed E-state index contributed by atoms with van der Waals surface area (Å²) in [5.41, 5.74) is 9.52. The van der Waals surface area contributed by atoms with E-state index in [0.717, 1.165) is 0 Å². The minimum Gasteiger partial charge on any atom is -0.369 e. The average molecular weight is 116 g/mol. The Morgan fingerprint density at radius 1 is 1.38 bits per heavy atom. The van der Waals surface area contributed by atoms with Crippen LogP contribution in [0.5, 0.6) is 0 Å². The molecule has 46 valence electrons. The van der Waals surface area contributed by atoms with Gasteiger partial charge in [0.1, 0.15) is 0 Å². The second-order valence-electron chi connectivity index (χ2n) is 1.39. The van der Waals surface area contributed by atoms with E-state index in [1.165, 1.54) is 0 Å². The monoisotopic (exact) mass is 116 g/mol. The molecule has 0 saturated heterocycles. The highest BCUT2D eigenvalue weighted by molar-refractivity contribution is 5.98. The molecule has 0 radical (unpaired) electrons. The van der Waals surface area contributed by atoms with Crippen molar-refractivity contribution in [1.82, 2.24) is 0 Å². The number of amides is 1. The van der Waals surface area contributed by atoms with Gasteiger partial charge in [0.15, 0.2) is 5.78 Å². The molecule has 0 spiro atoms. The standard InChI is InChI=1S/C4H8N2O2/c5-2-3(7)1-4(6)8/h1-2,5H2,(H2,6,8). The lowest BCUT2D eigenvalue weighted by Gasteiger charge is -1.87. The molecule has 0 heterocycles. The third kappa shape index (κ3) is 3.30. The lowest BCUT2D eigenvalue weighted by atomic mass is 10.3. The number of hydrogen-bond acceptors (Lipinski definition) is 3. The first-order valence-electron chi connectivity index (χ1n) is 2.17. The van der Waals surface area contributed by atoms with Crippen molar-refractivity contribution in [3.63, 3.8) is 0 Å². The van der Waals surface area contributed by atoms with Gasteiger partial charge in [0, 0.05) is 0 Å². The second-order valence-corrected chi connectivity index (χ2v) is 1.39. The normalized spacial score (nSPS) is 8.62. The Balaban J connectivity index is 3.40. The topological polar surface area (TPSA) is 86.2 Å². The van der Waals surface area contributed by atoms with Crippen molar-refractivity contribution < 1.29 is 9.59 Å². The van der Waals surface area contributed by atoms with Crippen LogP contribution in [0.3, 0.4) is 0 Å². The van der Waals surface area contributed by atoms with Crippen LogP contribution in [-0.2, 0) is 9.59 Å². The van der Waals surface area contributed by atoms with Crippen molar-refractivity contribution in [3.05, 3.63) is 0 Å². The van der Waals surface area contributed by atoms with Crippen LogP contribution in [0.2, 0.25) is 0 Å². The fourth-order valence-corrected chi connectivity index (χ4v) is 0.266. The highest BCUT2D eigenvalue weighted by atomic mass is 16.2. The molecule has 0 aliphatic heterocycles. The number of carbonyl (C=O) groups excluding carboxylic acids is 2. The van der Waals surface area contributed by atoms with Gasteiger partial charge in [-0.1, -0.05) is 0 Å². The van der Waals surface area contributed by atoms with E-state index in [0.29, 0.717) is 0 Å². The van der Waals surface area contributed by atoms with Crippen molar-refractivity contribution in [1.29, 1.82) is 0 Å². The minimum atomic E-state index is -0.625. The van der Waals surface area contributed by atoms with Gasteiger partial charge < -0.3 is 11.5 Å². The number of rotatable bonds is 3. The van der Waals surface area contributed by atoms with E-state index < -0.39 is 5.91 Å². The Bertz CT molecular complexity index is 111. The zero-order valence-corrected chi connectivity index (χ0v) is 4.39. The molecule has 0 aliphatic carbocycles. The molecule has 8 heavy (non-hydrogen) atoms. The van der Waals surface area contributed by atoms with Crippen LogP contribution in [-0.4, -0.2) is 18.2 Å². The van der Waals surface area contributed by atoms with Gasteiger partial charge in [-0.3, -0.25) is 9.59 Å². The van der Waals surface area contributed by atoms with Crippen LogP contribution >= 0.6 is 0 Å². The number of Topliss-reactive ketones (excluding diaryl/α,β-unsaturated/α-hetero) is 1. The average Bonchev–Trinajstić information content (AvgIpc) is 1.65.